The molecule has 1 aromatic carbocycles. The van der Waals surface area contributed by atoms with E-state index in [0.717, 1.165) is 24.5 Å². The molecule has 0 saturated heterocycles. The van der Waals surface area contributed by atoms with Crippen LogP contribution in [0.3, 0.4) is 0 Å². The van der Waals surface area contributed by atoms with E-state index in [4.69, 9.17) is 0 Å². The summed E-state index contributed by atoms with van der Waals surface area (Å²) in [5, 5.41) is 13.5. The molecule has 1 unspecified atom stereocenters. The van der Waals surface area contributed by atoms with Crippen LogP contribution in [0.5, 0.6) is 0 Å². The van der Waals surface area contributed by atoms with Gasteiger partial charge >= 0.3 is 0 Å². The van der Waals surface area contributed by atoms with Crippen LogP contribution in [0.1, 0.15) is 18.0 Å². The largest absolute Gasteiger partial charge is 0.311 e. The predicted octanol–water partition coefficient (Wildman–Crippen LogP) is 4.01. The van der Waals surface area contributed by atoms with Crippen molar-refractivity contribution >= 4 is 43.2 Å². The van der Waals surface area contributed by atoms with Crippen LogP contribution in [-0.2, 0) is 0 Å². The molecule has 6 heteroatoms. The molecular formula is C11H11Br2N3S. The molecule has 0 aliphatic carbocycles. The Morgan fingerprint density at radius 2 is 2.06 bits per heavy atom. The molecule has 0 spiro atoms. The van der Waals surface area contributed by atoms with Crippen molar-refractivity contribution in [1.82, 2.24) is 15.5 Å². The molecule has 1 aromatic heterocycles. The van der Waals surface area contributed by atoms with Gasteiger partial charge in [0.05, 0.1) is 6.04 Å². The van der Waals surface area contributed by atoms with Crippen LogP contribution in [0.4, 0.5) is 0 Å². The molecule has 90 valence electrons. The fourth-order valence-corrected chi connectivity index (χ4v) is 3.16. The summed E-state index contributed by atoms with van der Waals surface area (Å²) < 4.78 is 2.06. The summed E-state index contributed by atoms with van der Waals surface area (Å²) in [5.74, 6) is 0. The lowest BCUT2D eigenvalue weighted by Crippen LogP contribution is -2.11. The van der Waals surface area contributed by atoms with Crippen LogP contribution in [0.25, 0.3) is 10.6 Å². The number of hydrogen-bond acceptors (Lipinski definition) is 4. The molecule has 0 radical (unpaired) electrons. The van der Waals surface area contributed by atoms with Gasteiger partial charge in [-0.25, -0.2) is 0 Å². The van der Waals surface area contributed by atoms with Gasteiger partial charge in [0, 0.05) is 14.5 Å². The highest BCUT2D eigenvalue weighted by atomic mass is 79.9. The van der Waals surface area contributed by atoms with Crippen molar-refractivity contribution < 1.29 is 0 Å². The molecule has 0 amide bonds. The molecule has 1 atom stereocenters. The summed E-state index contributed by atoms with van der Waals surface area (Å²) in [4.78, 5) is 0. The first-order valence-corrected chi connectivity index (χ1v) is 7.48. The van der Waals surface area contributed by atoms with Crippen molar-refractivity contribution in [3.05, 3.63) is 32.2 Å². The highest BCUT2D eigenvalue weighted by Gasteiger charge is 2.13. The van der Waals surface area contributed by atoms with E-state index in [1.54, 1.807) is 11.3 Å². The lowest BCUT2D eigenvalue weighted by atomic mass is 10.2. The Kier molecular flexibility index (Phi) is 4.30. The number of benzene rings is 1. The molecular weight excluding hydrogens is 366 g/mol. The van der Waals surface area contributed by atoms with Gasteiger partial charge in [0.2, 0.25) is 0 Å². The predicted molar refractivity (Wildman–Crippen MR) is 78.2 cm³/mol. The molecule has 3 nitrogen and oxygen atoms in total. The molecule has 0 bridgehead atoms. The average molecular weight is 377 g/mol. The first-order chi connectivity index (χ1) is 8.11. The zero-order valence-electron chi connectivity index (χ0n) is 9.37. The molecule has 2 aromatic rings. The van der Waals surface area contributed by atoms with Crippen molar-refractivity contribution in [2.24, 2.45) is 0 Å². The maximum atomic E-state index is 4.24. The van der Waals surface area contributed by atoms with Gasteiger partial charge in [-0.05, 0) is 32.2 Å². The highest BCUT2D eigenvalue weighted by molar-refractivity contribution is 9.11. The summed E-state index contributed by atoms with van der Waals surface area (Å²) in [6.07, 6.45) is 0. The first-order valence-electron chi connectivity index (χ1n) is 5.08. The van der Waals surface area contributed by atoms with Gasteiger partial charge in [-0.3, -0.25) is 0 Å². The van der Waals surface area contributed by atoms with Crippen molar-refractivity contribution in [3.8, 4) is 10.6 Å². The normalized spacial score (nSPS) is 12.7. The van der Waals surface area contributed by atoms with Crippen LogP contribution >= 0.6 is 43.2 Å². The fourth-order valence-electron chi connectivity index (χ4n) is 1.30. The highest BCUT2D eigenvalue weighted by Crippen LogP contribution is 2.33. The van der Waals surface area contributed by atoms with Crippen molar-refractivity contribution in [1.29, 1.82) is 0 Å². The number of aromatic nitrogens is 2. The van der Waals surface area contributed by atoms with Gasteiger partial charge in [0.25, 0.3) is 0 Å². The molecule has 17 heavy (non-hydrogen) atoms. The van der Waals surface area contributed by atoms with E-state index in [-0.39, 0.29) is 6.04 Å². The van der Waals surface area contributed by atoms with Gasteiger partial charge in [-0.2, -0.15) is 0 Å². The lowest BCUT2D eigenvalue weighted by Gasteiger charge is -2.03. The van der Waals surface area contributed by atoms with Crippen LogP contribution < -0.4 is 5.32 Å². The van der Waals surface area contributed by atoms with Gasteiger partial charge in [0.15, 0.2) is 0 Å². The lowest BCUT2D eigenvalue weighted by molar-refractivity contribution is 0.640. The maximum absolute atomic E-state index is 4.24. The Morgan fingerprint density at radius 3 is 2.76 bits per heavy atom. The maximum Gasteiger partial charge on any atom is 0.149 e. The van der Waals surface area contributed by atoms with Crippen molar-refractivity contribution in [3.63, 3.8) is 0 Å². The fraction of sp³-hybridized carbons (Fsp3) is 0.273. The summed E-state index contributed by atoms with van der Waals surface area (Å²) in [6, 6.07) is 6.26. The number of rotatable bonds is 3. The molecule has 2 rings (SSSR count). The number of halogens is 2. The second-order valence-electron chi connectivity index (χ2n) is 3.58. The van der Waals surface area contributed by atoms with E-state index >= 15 is 0 Å². The minimum absolute atomic E-state index is 0.229. The van der Waals surface area contributed by atoms with E-state index in [1.165, 1.54) is 0 Å². The van der Waals surface area contributed by atoms with E-state index in [1.807, 2.05) is 25.2 Å². The summed E-state index contributed by atoms with van der Waals surface area (Å²) in [6.45, 7) is 2.07. The zero-order valence-corrected chi connectivity index (χ0v) is 13.4. The Labute approximate surface area is 121 Å². The monoisotopic (exact) mass is 375 g/mol. The Morgan fingerprint density at radius 1 is 1.29 bits per heavy atom. The molecule has 0 aliphatic heterocycles. The van der Waals surface area contributed by atoms with Crippen LogP contribution in [-0.4, -0.2) is 17.2 Å². The van der Waals surface area contributed by atoms with E-state index in [9.17, 15) is 0 Å². The number of nitrogens with one attached hydrogen (secondary N) is 1. The van der Waals surface area contributed by atoms with Gasteiger partial charge < -0.3 is 5.32 Å². The molecule has 0 fully saturated rings. The second-order valence-corrected chi connectivity index (χ2v) is 6.36. The standard InChI is InChI=1S/C11H11Br2N3S/c1-6(14-2)10-15-16-11(17-10)8-5-7(12)3-4-9(8)13/h3-6,14H,1-2H3. The topological polar surface area (TPSA) is 37.8 Å². The Hall–Kier alpha value is -0.300. The Bertz CT molecular complexity index is 527. The van der Waals surface area contributed by atoms with Gasteiger partial charge in [-0.1, -0.05) is 43.2 Å². The number of hydrogen-bond donors (Lipinski definition) is 1. The quantitative estimate of drug-likeness (QED) is 0.879. The van der Waals surface area contributed by atoms with Crippen molar-refractivity contribution in [2.75, 3.05) is 7.05 Å². The Balaban J connectivity index is 2.40. The minimum Gasteiger partial charge on any atom is -0.311 e. The summed E-state index contributed by atoms with van der Waals surface area (Å²) >= 11 is 8.61. The minimum atomic E-state index is 0.229. The van der Waals surface area contributed by atoms with Crippen LogP contribution in [0.2, 0.25) is 0 Å². The molecule has 1 N–H and O–H groups in total. The third kappa shape index (κ3) is 2.93. The third-order valence-corrected chi connectivity index (χ3v) is 4.73. The third-order valence-electron chi connectivity index (χ3n) is 2.40. The summed E-state index contributed by atoms with van der Waals surface area (Å²) in [7, 11) is 1.92. The zero-order chi connectivity index (χ0) is 12.4. The number of nitrogens with zero attached hydrogens (tertiary/aromatic N) is 2. The van der Waals surface area contributed by atoms with Crippen LogP contribution in [0.15, 0.2) is 27.1 Å². The second kappa shape index (κ2) is 5.56. The molecule has 0 saturated carbocycles. The van der Waals surface area contributed by atoms with E-state index in [2.05, 4.69) is 54.3 Å². The molecule has 0 aliphatic rings. The first kappa shape index (κ1) is 13.1. The van der Waals surface area contributed by atoms with E-state index < -0.39 is 0 Å². The van der Waals surface area contributed by atoms with Gasteiger partial charge in [-0.15, -0.1) is 10.2 Å². The summed E-state index contributed by atoms with van der Waals surface area (Å²) in [5.41, 5.74) is 1.06. The smallest absolute Gasteiger partial charge is 0.149 e. The van der Waals surface area contributed by atoms with Crippen LogP contribution in [0, 0.1) is 0 Å². The van der Waals surface area contributed by atoms with Crippen molar-refractivity contribution in [2.45, 2.75) is 13.0 Å². The SMILES string of the molecule is CNC(C)c1nnc(-c2cc(Br)ccc2Br)s1. The average Bonchev–Trinajstić information content (AvgIpc) is 2.80. The molecule has 1 heterocycles. The van der Waals surface area contributed by atoms with E-state index in [0.29, 0.717) is 0 Å². The van der Waals surface area contributed by atoms with Gasteiger partial charge in [0.1, 0.15) is 10.0 Å².